The second-order valence-electron chi connectivity index (χ2n) is 4.03. The van der Waals surface area contributed by atoms with E-state index in [2.05, 4.69) is 0 Å². The minimum atomic E-state index is -2.59. The molecular formula is C13H16F2OS. The Bertz CT molecular complexity index is 346. The van der Waals surface area contributed by atoms with E-state index in [0.29, 0.717) is 24.2 Å². The van der Waals surface area contributed by atoms with E-state index in [0.717, 1.165) is 6.92 Å². The number of rotatable bonds is 6. The predicted octanol–water partition coefficient (Wildman–Crippen LogP) is 4.39. The van der Waals surface area contributed by atoms with Crippen LogP contribution in [0.25, 0.3) is 0 Å². The Hall–Kier alpha value is -0.900. The lowest BCUT2D eigenvalue weighted by Crippen LogP contribution is -2.08. The quantitative estimate of drug-likeness (QED) is 0.704. The second-order valence-corrected chi connectivity index (χ2v) is 5.10. The second kappa shape index (κ2) is 6.74. The lowest BCUT2D eigenvalue weighted by atomic mass is 10.2. The highest BCUT2D eigenvalue weighted by Gasteiger charge is 2.19. The number of benzene rings is 1. The molecule has 1 aromatic rings. The zero-order valence-electron chi connectivity index (χ0n) is 9.79. The minimum Gasteiger partial charge on any atom is -0.282 e. The number of thioether (sulfide) groups is 1. The van der Waals surface area contributed by atoms with Crippen LogP contribution in [-0.2, 0) is 0 Å². The molecule has 0 heterocycles. The molecule has 0 aliphatic carbocycles. The van der Waals surface area contributed by atoms with Gasteiger partial charge in [0.05, 0.1) is 0 Å². The average molecular weight is 258 g/mol. The highest BCUT2D eigenvalue weighted by atomic mass is 32.2. The van der Waals surface area contributed by atoms with Gasteiger partial charge < -0.3 is 0 Å². The number of carbonyl (C=O) groups excluding carboxylic acids is 1. The van der Waals surface area contributed by atoms with Crippen molar-refractivity contribution in [1.82, 2.24) is 0 Å². The molecule has 0 N–H and O–H groups in total. The normalized spacial score (nSPS) is 11.5. The number of halogens is 2. The summed E-state index contributed by atoms with van der Waals surface area (Å²) in [5.41, 5.74) is 0.665. The van der Waals surface area contributed by atoms with E-state index in [9.17, 15) is 13.6 Å². The highest BCUT2D eigenvalue weighted by molar-refractivity contribution is 8.14. The topological polar surface area (TPSA) is 17.1 Å². The monoisotopic (exact) mass is 258 g/mol. The van der Waals surface area contributed by atoms with Gasteiger partial charge in [-0.05, 0) is 19.8 Å². The average Bonchev–Trinajstić information content (AvgIpc) is 2.28. The van der Waals surface area contributed by atoms with Crippen molar-refractivity contribution in [1.29, 1.82) is 0 Å². The molecule has 1 aromatic carbocycles. The zero-order valence-corrected chi connectivity index (χ0v) is 10.6. The Kier molecular flexibility index (Phi) is 5.62. The van der Waals surface area contributed by atoms with Crippen LogP contribution in [0.4, 0.5) is 8.78 Å². The Morgan fingerprint density at radius 2 is 1.88 bits per heavy atom. The van der Waals surface area contributed by atoms with Crippen molar-refractivity contribution in [2.75, 3.05) is 5.75 Å². The minimum absolute atomic E-state index is 0.00820. The molecule has 0 saturated carbocycles. The predicted molar refractivity (Wildman–Crippen MR) is 67.7 cm³/mol. The van der Waals surface area contributed by atoms with E-state index in [-0.39, 0.29) is 11.5 Å². The SMILES string of the molecule is CC(F)(F)CCCCSC(=O)c1ccccc1. The van der Waals surface area contributed by atoms with E-state index in [1.165, 1.54) is 11.8 Å². The van der Waals surface area contributed by atoms with Crippen LogP contribution in [0, 0.1) is 0 Å². The van der Waals surface area contributed by atoms with Crippen LogP contribution < -0.4 is 0 Å². The molecule has 0 fully saturated rings. The summed E-state index contributed by atoms with van der Waals surface area (Å²) in [7, 11) is 0. The van der Waals surface area contributed by atoms with Crippen molar-refractivity contribution in [3.63, 3.8) is 0 Å². The molecule has 0 saturated heterocycles. The van der Waals surface area contributed by atoms with E-state index < -0.39 is 5.92 Å². The molecule has 1 nitrogen and oxygen atoms in total. The summed E-state index contributed by atoms with van der Waals surface area (Å²) in [5, 5.41) is 0.00820. The first kappa shape index (κ1) is 14.2. The molecule has 17 heavy (non-hydrogen) atoms. The van der Waals surface area contributed by atoms with Gasteiger partial charge in [0.1, 0.15) is 0 Å². The van der Waals surface area contributed by atoms with Crippen LogP contribution in [0.3, 0.4) is 0 Å². The van der Waals surface area contributed by atoms with Crippen molar-refractivity contribution in [2.24, 2.45) is 0 Å². The molecule has 0 aromatic heterocycles. The van der Waals surface area contributed by atoms with Gasteiger partial charge >= 0.3 is 0 Å². The maximum Gasteiger partial charge on any atom is 0.245 e. The van der Waals surface area contributed by atoms with Gasteiger partial charge in [-0.25, -0.2) is 8.78 Å². The number of alkyl halides is 2. The fourth-order valence-electron chi connectivity index (χ4n) is 1.36. The van der Waals surface area contributed by atoms with Gasteiger partial charge in [-0.15, -0.1) is 0 Å². The molecule has 0 aliphatic rings. The van der Waals surface area contributed by atoms with Gasteiger partial charge in [-0.3, -0.25) is 4.79 Å². The largest absolute Gasteiger partial charge is 0.282 e. The molecule has 0 unspecified atom stereocenters. The Labute approximate surface area is 105 Å². The number of hydrogen-bond acceptors (Lipinski definition) is 2. The highest BCUT2D eigenvalue weighted by Crippen LogP contribution is 2.21. The third-order valence-electron chi connectivity index (χ3n) is 2.25. The van der Waals surface area contributed by atoms with Crippen molar-refractivity contribution in [2.45, 2.75) is 32.1 Å². The van der Waals surface area contributed by atoms with Gasteiger partial charge in [0.25, 0.3) is 0 Å². The van der Waals surface area contributed by atoms with Crippen LogP contribution in [-0.4, -0.2) is 16.8 Å². The standard InChI is InChI=1S/C13H16F2OS/c1-13(14,15)9-5-6-10-17-12(16)11-7-3-2-4-8-11/h2-4,7-8H,5-6,9-10H2,1H3. The fourth-order valence-corrected chi connectivity index (χ4v) is 2.20. The first-order chi connectivity index (χ1) is 7.99. The van der Waals surface area contributed by atoms with Crippen LogP contribution in [0.15, 0.2) is 30.3 Å². The Morgan fingerprint density at radius 1 is 1.24 bits per heavy atom. The molecule has 0 spiro atoms. The summed E-state index contributed by atoms with van der Waals surface area (Å²) in [6.07, 6.45) is 0.998. The first-order valence-electron chi connectivity index (χ1n) is 5.59. The van der Waals surface area contributed by atoms with Crippen LogP contribution in [0.2, 0.25) is 0 Å². The summed E-state index contributed by atoms with van der Waals surface area (Å²) >= 11 is 1.20. The third kappa shape index (κ3) is 6.41. The van der Waals surface area contributed by atoms with Gasteiger partial charge in [0.15, 0.2) is 0 Å². The summed E-state index contributed by atoms with van der Waals surface area (Å²) in [5.74, 6) is -1.99. The summed E-state index contributed by atoms with van der Waals surface area (Å²) < 4.78 is 25.0. The van der Waals surface area contributed by atoms with Crippen molar-refractivity contribution >= 4 is 16.9 Å². The molecule has 94 valence electrons. The maximum atomic E-state index is 12.5. The lowest BCUT2D eigenvalue weighted by Gasteiger charge is -2.08. The van der Waals surface area contributed by atoms with Gasteiger partial charge in [-0.1, -0.05) is 42.1 Å². The van der Waals surface area contributed by atoms with E-state index in [1.54, 1.807) is 12.1 Å². The molecule has 4 heteroatoms. The van der Waals surface area contributed by atoms with E-state index >= 15 is 0 Å². The fraction of sp³-hybridized carbons (Fsp3) is 0.462. The number of carbonyl (C=O) groups is 1. The lowest BCUT2D eigenvalue weighted by molar-refractivity contribution is 0.0109. The molecule has 0 bridgehead atoms. The zero-order chi connectivity index (χ0) is 12.7. The Morgan fingerprint density at radius 3 is 2.47 bits per heavy atom. The third-order valence-corrected chi connectivity index (χ3v) is 3.24. The van der Waals surface area contributed by atoms with Gasteiger partial charge in [0, 0.05) is 17.7 Å². The molecular weight excluding hydrogens is 242 g/mol. The van der Waals surface area contributed by atoms with Crippen molar-refractivity contribution < 1.29 is 13.6 Å². The van der Waals surface area contributed by atoms with Gasteiger partial charge in [-0.2, -0.15) is 0 Å². The Balaban J connectivity index is 2.18. The van der Waals surface area contributed by atoms with E-state index in [1.807, 2.05) is 18.2 Å². The summed E-state index contributed by atoms with van der Waals surface area (Å²) in [6, 6.07) is 8.99. The van der Waals surface area contributed by atoms with E-state index in [4.69, 9.17) is 0 Å². The molecule has 1 rings (SSSR count). The number of unbranched alkanes of at least 4 members (excludes halogenated alkanes) is 1. The summed E-state index contributed by atoms with van der Waals surface area (Å²) in [6.45, 7) is 0.926. The summed E-state index contributed by atoms with van der Waals surface area (Å²) in [4.78, 5) is 11.6. The van der Waals surface area contributed by atoms with Crippen LogP contribution in [0.1, 0.15) is 36.5 Å². The smallest absolute Gasteiger partial charge is 0.245 e. The van der Waals surface area contributed by atoms with Gasteiger partial charge in [0.2, 0.25) is 11.0 Å². The van der Waals surface area contributed by atoms with Crippen molar-refractivity contribution in [3.05, 3.63) is 35.9 Å². The van der Waals surface area contributed by atoms with Crippen LogP contribution in [0.5, 0.6) is 0 Å². The maximum absolute atomic E-state index is 12.5. The molecule has 0 radical (unpaired) electrons. The molecule has 0 atom stereocenters. The first-order valence-corrected chi connectivity index (χ1v) is 6.57. The molecule has 0 aliphatic heterocycles. The number of hydrogen-bond donors (Lipinski definition) is 0. The van der Waals surface area contributed by atoms with Crippen molar-refractivity contribution in [3.8, 4) is 0 Å². The molecule has 0 amide bonds. The van der Waals surface area contributed by atoms with Crippen LogP contribution >= 0.6 is 11.8 Å².